The highest BCUT2D eigenvalue weighted by Crippen LogP contribution is 2.30. The normalized spacial score (nSPS) is 24.0. The van der Waals surface area contributed by atoms with Crippen molar-refractivity contribution in [3.8, 4) is 0 Å². The highest BCUT2D eigenvalue weighted by atomic mass is 32.2. The molecule has 3 N–H and O–H groups in total. The number of sulfonamides is 1. The molecule has 1 aliphatic rings. The molecule has 0 saturated carbocycles. The third-order valence-electron chi connectivity index (χ3n) is 3.06. The van der Waals surface area contributed by atoms with E-state index in [-0.39, 0.29) is 10.1 Å². The molecule has 0 radical (unpaired) electrons. The van der Waals surface area contributed by atoms with Crippen LogP contribution in [0, 0.1) is 5.92 Å². The molecule has 96 valence electrons. The van der Waals surface area contributed by atoms with E-state index in [0.29, 0.717) is 25.2 Å². The zero-order chi connectivity index (χ0) is 12.6. The van der Waals surface area contributed by atoms with E-state index < -0.39 is 16.1 Å². The van der Waals surface area contributed by atoms with Gasteiger partial charge in [0.2, 0.25) is 0 Å². The highest BCUT2D eigenvalue weighted by Gasteiger charge is 2.34. The molecule has 2 atom stereocenters. The number of nitrogens with two attached hydrogens (primary N) is 1. The standard InChI is InChI=1S/C10H16N2O3S2/c1-7(13)8-2-3-12(5-8)17(14,15)10-4-9(11)6-16-10/h4,6-8,13H,2-3,5,11H2,1H3. The molecule has 1 aliphatic heterocycles. The monoisotopic (exact) mass is 276 g/mol. The van der Waals surface area contributed by atoms with Gasteiger partial charge in [-0.25, -0.2) is 8.42 Å². The second-order valence-electron chi connectivity index (χ2n) is 4.35. The quantitative estimate of drug-likeness (QED) is 0.852. The van der Waals surface area contributed by atoms with Crippen LogP contribution in [0.25, 0.3) is 0 Å². The molecular formula is C10H16N2O3S2. The predicted octanol–water partition coefficient (Wildman–Crippen LogP) is 0.722. The maximum atomic E-state index is 12.2. The summed E-state index contributed by atoms with van der Waals surface area (Å²) in [5.74, 6) is 0.0297. The van der Waals surface area contributed by atoms with Crippen LogP contribution in [0.4, 0.5) is 5.69 Å². The Balaban J connectivity index is 2.18. The summed E-state index contributed by atoms with van der Waals surface area (Å²) in [6, 6.07) is 1.48. The number of hydrogen-bond acceptors (Lipinski definition) is 5. The van der Waals surface area contributed by atoms with E-state index in [1.807, 2.05) is 0 Å². The van der Waals surface area contributed by atoms with Crippen LogP contribution in [0.5, 0.6) is 0 Å². The number of nitrogen functional groups attached to an aromatic ring is 1. The van der Waals surface area contributed by atoms with E-state index in [0.717, 1.165) is 11.3 Å². The van der Waals surface area contributed by atoms with Gasteiger partial charge in [0.1, 0.15) is 4.21 Å². The summed E-state index contributed by atoms with van der Waals surface area (Å²) in [5, 5.41) is 11.1. The maximum Gasteiger partial charge on any atom is 0.252 e. The molecule has 1 aromatic heterocycles. The summed E-state index contributed by atoms with van der Waals surface area (Å²) in [6.45, 7) is 2.55. The number of anilines is 1. The minimum Gasteiger partial charge on any atom is -0.398 e. The van der Waals surface area contributed by atoms with Crippen LogP contribution in [0.3, 0.4) is 0 Å². The summed E-state index contributed by atoms with van der Waals surface area (Å²) in [5.41, 5.74) is 6.01. The Labute approximate surface area is 105 Å². The van der Waals surface area contributed by atoms with Crippen molar-refractivity contribution in [1.82, 2.24) is 4.31 Å². The number of aliphatic hydroxyl groups is 1. The lowest BCUT2D eigenvalue weighted by atomic mass is 10.0. The fraction of sp³-hybridized carbons (Fsp3) is 0.600. The molecule has 0 amide bonds. The molecule has 2 heterocycles. The average molecular weight is 276 g/mol. The Hall–Kier alpha value is -0.630. The van der Waals surface area contributed by atoms with Gasteiger partial charge >= 0.3 is 0 Å². The van der Waals surface area contributed by atoms with E-state index in [4.69, 9.17) is 5.73 Å². The number of aliphatic hydroxyl groups excluding tert-OH is 1. The van der Waals surface area contributed by atoms with Gasteiger partial charge in [-0.1, -0.05) is 0 Å². The summed E-state index contributed by atoms with van der Waals surface area (Å²) in [7, 11) is -3.42. The van der Waals surface area contributed by atoms with Crippen molar-refractivity contribution in [3.05, 3.63) is 11.4 Å². The second kappa shape index (κ2) is 4.56. The highest BCUT2D eigenvalue weighted by molar-refractivity contribution is 7.91. The number of hydrogen-bond donors (Lipinski definition) is 2. The summed E-state index contributed by atoms with van der Waals surface area (Å²) >= 11 is 1.14. The molecule has 0 aromatic carbocycles. The van der Waals surface area contributed by atoms with E-state index in [1.165, 1.54) is 10.4 Å². The first-order chi connectivity index (χ1) is 7.91. The zero-order valence-electron chi connectivity index (χ0n) is 9.54. The summed E-state index contributed by atoms with van der Waals surface area (Å²) in [6.07, 6.45) is 0.237. The summed E-state index contributed by atoms with van der Waals surface area (Å²) in [4.78, 5) is 0. The first-order valence-corrected chi connectivity index (χ1v) is 7.75. The first kappa shape index (κ1) is 12.8. The van der Waals surface area contributed by atoms with Gasteiger partial charge < -0.3 is 10.8 Å². The van der Waals surface area contributed by atoms with Crippen molar-refractivity contribution in [2.24, 2.45) is 5.92 Å². The molecule has 7 heteroatoms. The van der Waals surface area contributed by atoms with Crippen LogP contribution >= 0.6 is 11.3 Å². The van der Waals surface area contributed by atoms with Crippen molar-refractivity contribution in [1.29, 1.82) is 0 Å². The Morgan fingerprint density at radius 3 is 2.82 bits per heavy atom. The van der Waals surface area contributed by atoms with Crippen molar-refractivity contribution in [3.63, 3.8) is 0 Å². The first-order valence-electron chi connectivity index (χ1n) is 5.43. The topological polar surface area (TPSA) is 83.6 Å². The van der Waals surface area contributed by atoms with Gasteiger partial charge in [-0.2, -0.15) is 4.31 Å². The maximum absolute atomic E-state index is 12.2. The zero-order valence-corrected chi connectivity index (χ0v) is 11.2. The molecule has 0 bridgehead atoms. The lowest BCUT2D eigenvalue weighted by Gasteiger charge is -2.16. The number of rotatable bonds is 3. The largest absolute Gasteiger partial charge is 0.398 e. The SMILES string of the molecule is CC(O)C1CCN(S(=O)(=O)c2cc(N)cs2)C1. The Morgan fingerprint density at radius 1 is 1.65 bits per heavy atom. The van der Waals surface area contributed by atoms with Crippen LogP contribution < -0.4 is 5.73 Å². The fourth-order valence-electron chi connectivity index (χ4n) is 1.96. The molecule has 0 aliphatic carbocycles. The molecule has 2 unspecified atom stereocenters. The molecule has 5 nitrogen and oxygen atoms in total. The Bertz CT molecular complexity index is 495. The molecule has 1 fully saturated rings. The minimum absolute atomic E-state index is 0.0297. The van der Waals surface area contributed by atoms with Gasteiger partial charge in [-0.15, -0.1) is 11.3 Å². The van der Waals surface area contributed by atoms with Gasteiger partial charge in [-0.3, -0.25) is 0 Å². The molecule has 17 heavy (non-hydrogen) atoms. The molecule has 0 spiro atoms. The van der Waals surface area contributed by atoms with Crippen LogP contribution in [0.2, 0.25) is 0 Å². The van der Waals surface area contributed by atoms with Gasteiger partial charge in [-0.05, 0) is 25.3 Å². The van der Waals surface area contributed by atoms with E-state index in [1.54, 1.807) is 12.3 Å². The smallest absolute Gasteiger partial charge is 0.252 e. The van der Waals surface area contributed by atoms with Gasteiger partial charge in [0.15, 0.2) is 0 Å². The minimum atomic E-state index is -3.42. The van der Waals surface area contributed by atoms with E-state index in [2.05, 4.69) is 0 Å². The van der Waals surface area contributed by atoms with Crippen LogP contribution in [0.15, 0.2) is 15.7 Å². The number of nitrogens with zero attached hydrogens (tertiary/aromatic N) is 1. The third kappa shape index (κ3) is 2.47. The van der Waals surface area contributed by atoms with Crippen LogP contribution in [0.1, 0.15) is 13.3 Å². The Kier molecular flexibility index (Phi) is 3.44. The lowest BCUT2D eigenvalue weighted by molar-refractivity contribution is 0.133. The number of thiophene rings is 1. The van der Waals surface area contributed by atoms with Gasteiger partial charge in [0.25, 0.3) is 10.0 Å². The van der Waals surface area contributed by atoms with Gasteiger partial charge in [0, 0.05) is 24.2 Å². The van der Waals surface area contributed by atoms with E-state index >= 15 is 0 Å². The summed E-state index contributed by atoms with van der Waals surface area (Å²) < 4.78 is 26.1. The molecule has 1 aromatic rings. The molecule has 1 saturated heterocycles. The van der Waals surface area contributed by atoms with Crippen molar-refractivity contribution in [2.75, 3.05) is 18.8 Å². The molecular weight excluding hydrogens is 260 g/mol. The van der Waals surface area contributed by atoms with Gasteiger partial charge in [0.05, 0.1) is 6.10 Å². The van der Waals surface area contributed by atoms with Crippen molar-refractivity contribution in [2.45, 2.75) is 23.7 Å². The fourth-order valence-corrected chi connectivity index (χ4v) is 4.70. The van der Waals surface area contributed by atoms with E-state index in [9.17, 15) is 13.5 Å². The lowest BCUT2D eigenvalue weighted by Crippen LogP contribution is -2.30. The molecule has 2 rings (SSSR count). The van der Waals surface area contributed by atoms with Crippen LogP contribution in [-0.4, -0.2) is 37.0 Å². The van der Waals surface area contributed by atoms with Crippen molar-refractivity contribution < 1.29 is 13.5 Å². The Morgan fingerprint density at radius 2 is 2.35 bits per heavy atom. The predicted molar refractivity (Wildman–Crippen MR) is 67.3 cm³/mol. The third-order valence-corrected chi connectivity index (χ3v) is 6.36. The average Bonchev–Trinajstić information content (AvgIpc) is 2.85. The second-order valence-corrected chi connectivity index (χ2v) is 7.43. The van der Waals surface area contributed by atoms with Crippen molar-refractivity contribution >= 4 is 27.0 Å². The van der Waals surface area contributed by atoms with Crippen LogP contribution in [-0.2, 0) is 10.0 Å².